The zero-order chi connectivity index (χ0) is 14.7. The van der Waals surface area contributed by atoms with Gasteiger partial charge in [-0.05, 0) is 17.7 Å². The Morgan fingerprint density at radius 2 is 1.95 bits per heavy atom. The number of benzene rings is 1. The number of nitrogens with zero attached hydrogens (tertiary/aromatic N) is 1. The first kappa shape index (κ1) is 14.5. The highest BCUT2D eigenvalue weighted by Crippen LogP contribution is 2.21. The van der Waals surface area contributed by atoms with E-state index >= 15 is 0 Å². The molecule has 1 aliphatic heterocycles. The van der Waals surface area contributed by atoms with E-state index in [0.29, 0.717) is 12.6 Å². The molecule has 2 amide bonds. The molecule has 0 spiro atoms. The summed E-state index contributed by atoms with van der Waals surface area (Å²) in [5, 5.41) is 5.39. The van der Waals surface area contributed by atoms with Crippen molar-refractivity contribution in [3.63, 3.8) is 0 Å². The van der Waals surface area contributed by atoms with Crippen LogP contribution in [-0.2, 0) is 16.1 Å². The molecule has 5 nitrogen and oxygen atoms in total. The highest BCUT2D eigenvalue weighted by Gasteiger charge is 2.24. The number of nitrogens with one attached hydrogen (secondary N) is 2. The van der Waals surface area contributed by atoms with Gasteiger partial charge in [-0.3, -0.25) is 14.9 Å². The van der Waals surface area contributed by atoms with E-state index in [1.54, 1.807) is 12.1 Å². The van der Waals surface area contributed by atoms with Gasteiger partial charge in [0.1, 0.15) is 5.82 Å². The Labute approximate surface area is 117 Å². The lowest BCUT2D eigenvalue weighted by Gasteiger charge is -2.27. The molecule has 0 bridgehead atoms. The van der Waals surface area contributed by atoms with Crippen molar-refractivity contribution in [2.24, 2.45) is 0 Å². The molecule has 0 atom stereocenters. The summed E-state index contributed by atoms with van der Waals surface area (Å²) in [6.45, 7) is 4.60. The van der Waals surface area contributed by atoms with Gasteiger partial charge in [-0.25, -0.2) is 4.39 Å². The van der Waals surface area contributed by atoms with Crippen molar-refractivity contribution >= 4 is 17.5 Å². The summed E-state index contributed by atoms with van der Waals surface area (Å²) in [5.74, 6) is -1.24. The van der Waals surface area contributed by atoms with Crippen LogP contribution in [0.1, 0.15) is 19.4 Å². The van der Waals surface area contributed by atoms with E-state index in [0.717, 1.165) is 5.56 Å². The number of hydrogen-bond acceptors (Lipinski definition) is 4. The molecular formula is C14H18FN3O2. The van der Waals surface area contributed by atoms with Gasteiger partial charge >= 0.3 is 0 Å². The Bertz CT molecular complexity index is 515. The third-order valence-corrected chi connectivity index (χ3v) is 3.01. The third kappa shape index (κ3) is 3.54. The molecule has 108 valence electrons. The fourth-order valence-corrected chi connectivity index (χ4v) is 2.05. The van der Waals surface area contributed by atoms with E-state index in [1.165, 1.54) is 11.0 Å². The number of imide groups is 1. The second kappa shape index (κ2) is 6.00. The van der Waals surface area contributed by atoms with Gasteiger partial charge in [0.2, 0.25) is 11.8 Å². The molecule has 2 rings (SSSR count). The van der Waals surface area contributed by atoms with Crippen LogP contribution in [0.3, 0.4) is 0 Å². The van der Waals surface area contributed by atoms with Gasteiger partial charge in [0.25, 0.3) is 0 Å². The number of carbonyl (C=O) groups excluding carboxylic acids is 2. The minimum atomic E-state index is -0.421. The minimum absolute atomic E-state index is 0.00769. The SMILES string of the molecule is CC(C)NCc1ccc(N2CC(=O)NC(=O)C2)c(F)c1. The molecule has 1 fully saturated rings. The van der Waals surface area contributed by atoms with Crippen LogP contribution < -0.4 is 15.5 Å². The highest BCUT2D eigenvalue weighted by atomic mass is 19.1. The normalized spacial score (nSPS) is 15.7. The maximum atomic E-state index is 14.1. The van der Waals surface area contributed by atoms with Crippen molar-refractivity contribution in [3.8, 4) is 0 Å². The summed E-state index contributed by atoms with van der Waals surface area (Å²) in [7, 11) is 0. The first-order valence-corrected chi connectivity index (χ1v) is 6.55. The quantitative estimate of drug-likeness (QED) is 0.800. The number of halogens is 1. The molecule has 1 saturated heterocycles. The van der Waals surface area contributed by atoms with Crippen molar-refractivity contribution in [1.82, 2.24) is 10.6 Å². The predicted octanol–water partition coefficient (Wildman–Crippen LogP) is 0.786. The Morgan fingerprint density at radius 3 is 2.50 bits per heavy atom. The number of carbonyl (C=O) groups is 2. The standard InChI is InChI=1S/C14H18FN3O2/c1-9(2)16-6-10-3-4-12(11(15)5-10)18-7-13(19)17-14(20)8-18/h3-5,9,16H,6-8H2,1-2H3,(H,17,19,20). The zero-order valence-electron chi connectivity index (χ0n) is 11.6. The second-order valence-electron chi connectivity index (χ2n) is 5.15. The number of rotatable bonds is 4. The fourth-order valence-electron chi connectivity index (χ4n) is 2.05. The Kier molecular flexibility index (Phi) is 4.34. The molecule has 0 saturated carbocycles. The minimum Gasteiger partial charge on any atom is -0.351 e. The third-order valence-electron chi connectivity index (χ3n) is 3.01. The van der Waals surface area contributed by atoms with E-state index in [2.05, 4.69) is 10.6 Å². The summed E-state index contributed by atoms with van der Waals surface area (Å²) in [5.41, 5.74) is 1.11. The lowest BCUT2D eigenvalue weighted by Crippen LogP contribution is -2.51. The predicted molar refractivity (Wildman–Crippen MR) is 73.7 cm³/mol. The topological polar surface area (TPSA) is 61.4 Å². The van der Waals surface area contributed by atoms with Crippen molar-refractivity contribution in [3.05, 3.63) is 29.6 Å². The van der Waals surface area contributed by atoms with Crippen LogP contribution in [0.5, 0.6) is 0 Å². The van der Waals surface area contributed by atoms with Crippen LogP contribution >= 0.6 is 0 Å². The highest BCUT2D eigenvalue weighted by molar-refractivity contribution is 6.02. The van der Waals surface area contributed by atoms with Crippen LogP contribution in [0.4, 0.5) is 10.1 Å². The maximum Gasteiger partial charge on any atom is 0.246 e. The summed E-state index contributed by atoms with van der Waals surface area (Å²) < 4.78 is 14.1. The Morgan fingerprint density at radius 1 is 1.30 bits per heavy atom. The van der Waals surface area contributed by atoms with Crippen molar-refractivity contribution in [2.45, 2.75) is 26.4 Å². The monoisotopic (exact) mass is 279 g/mol. The lowest BCUT2D eigenvalue weighted by atomic mass is 10.1. The average Bonchev–Trinajstić information content (AvgIpc) is 2.35. The average molecular weight is 279 g/mol. The van der Waals surface area contributed by atoms with Crippen LogP contribution in [-0.4, -0.2) is 30.9 Å². The van der Waals surface area contributed by atoms with Gasteiger partial charge in [0.05, 0.1) is 18.8 Å². The van der Waals surface area contributed by atoms with Crippen LogP contribution in [0.15, 0.2) is 18.2 Å². The van der Waals surface area contributed by atoms with Gasteiger partial charge in [-0.2, -0.15) is 0 Å². The smallest absolute Gasteiger partial charge is 0.246 e. The van der Waals surface area contributed by atoms with E-state index in [1.807, 2.05) is 13.8 Å². The van der Waals surface area contributed by atoms with Gasteiger partial charge < -0.3 is 10.2 Å². The van der Waals surface area contributed by atoms with Gasteiger partial charge in [0, 0.05) is 12.6 Å². The molecule has 1 aromatic rings. The van der Waals surface area contributed by atoms with E-state index in [-0.39, 0.29) is 18.8 Å². The summed E-state index contributed by atoms with van der Waals surface area (Å²) in [4.78, 5) is 24.1. The largest absolute Gasteiger partial charge is 0.351 e. The molecule has 0 unspecified atom stereocenters. The van der Waals surface area contributed by atoms with E-state index < -0.39 is 17.6 Å². The lowest BCUT2D eigenvalue weighted by molar-refractivity contribution is -0.130. The summed E-state index contributed by atoms with van der Waals surface area (Å²) >= 11 is 0. The zero-order valence-corrected chi connectivity index (χ0v) is 11.6. The van der Waals surface area contributed by atoms with Crippen molar-refractivity contribution in [1.29, 1.82) is 0 Å². The van der Waals surface area contributed by atoms with Gasteiger partial charge in [0.15, 0.2) is 0 Å². The molecule has 6 heteroatoms. The molecule has 1 aliphatic rings. The summed E-state index contributed by atoms with van der Waals surface area (Å²) in [6, 6.07) is 5.16. The number of amides is 2. The number of anilines is 1. The molecule has 0 radical (unpaired) electrons. The Hall–Kier alpha value is -1.95. The van der Waals surface area contributed by atoms with Gasteiger partial charge in [-0.15, -0.1) is 0 Å². The van der Waals surface area contributed by atoms with Crippen molar-refractivity contribution < 1.29 is 14.0 Å². The molecule has 1 heterocycles. The maximum absolute atomic E-state index is 14.1. The molecule has 2 N–H and O–H groups in total. The first-order chi connectivity index (χ1) is 9.45. The van der Waals surface area contributed by atoms with Crippen LogP contribution in [0, 0.1) is 5.82 Å². The number of piperazine rings is 1. The van der Waals surface area contributed by atoms with Gasteiger partial charge in [-0.1, -0.05) is 19.9 Å². The number of hydrogen-bond donors (Lipinski definition) is 2. The van der Waals surface area contributed by atoms with Crippen molar-refractivity contribution in [2.75, 3.05) is 18.0 Å². The fraction of sp³-hybridized carbons (Fsp3) is 0.429. The first-order valence-electron chi connectivity index (χ1n) is 6.55. The Balaban J connectivity index is 2.12. The molecular weight excluding hydrogens is 261 g/mol. The van der Waals surface area contributed by atoms with Crippen LogP contribution in [0.25, 0.3) is 0 Å². The molecule has 0 aliphatic carbocycles. The van der Waals surface area contributed by atoms with E-state index in [9.17, 15) is 14.0 Å². The molecule has 1 aromatic carbocycles. The van der Waals surface area contributed by atoms with E-state index in [4.69, 9.17) is 0 Å². The summed E-state index contributed by atoms with van der Waals surface area (Å²) in [6.07, 6.45) is 0. The van der Waals surface area contributed by atoms with Crippen LogP contribution in [0.2, 0.25) is 0 Å². The molecule has 20 heavy (non-hydrogen) atoms. The second-order valence-corrected chi connectivity index (χ2v) is 5.15. The molecule has 0 aromatic heterocycles.